The number of hydrogen-bond acceptors (Lipinski definition) is 7. The van der Waals surface area contributed by atoms with E-state index in [1.165, 1.54) is 7.11 Å². The van der Waals surface area contributed by atoms with E-state index < -0.39 is 18.0 Å². The summed E-state index contributed by atoms with van der Waals surface area (Å²) < 4.78 is 13.3. The van der Waals surface area contributed by atoms with Gasteiger partial charge in [0.1, 0.15) is 13.2 Å². The number of rotatable bonds is 7. The molecule has 0 saturated heterocycles. The van der Waals surface area contributed by atoms with E-state index in [2.05, 4.69) is 32.7 Å². The number of methoxy groups -OCH3 is 1. The molecule has 0 aliphatic heterocycles. The monoisotopic (exact) mass is 466 g/mol. The summed E-state index contributed by atoms with van der Waals surface area (Å²) in [5, 5.41) is 10.5. The van der Waals surface area contributed by atoms with Crippen molar-refractivity contribution < 1.29 is 66.4 Å². The van der Waals surface area contributed by atoms with Crippen LogP contribution >= 0.6 is 0 Å². The molecule has 0 spiro atoms. The van der Waals surface area contributed by atoms with Gasteiger partial charge in [-0.25, -0.2) is 14.4 Å². The van der Waals surface area contributed by atoms with Crippen LogP contribution < -0.4 is 5.32 Å². The third kappa shape index (κ3) is 40.6. The topological polar surface area (TPSA) is 135 Å². The molecule has 0 fully saturated rings. The van der Waals surface area contributed by atoms with E-state index in [0.717, 1.165) is 6.08 Å². The summed E-state index contributed by atoms with van der Waals surface area (Å²) >= 11 is 0. The molecule has 1 radical (unpaired) electrons. The molecule has 0 atom stereocenters. The van der Waals surface area contributed by atoms with Gasteiger partial charge in [-0.2, -0.15) is 6.54 Å². The maximum Gasteiger partial charge on any atom is 0.406 e. The molecule has 0 saturated carbocycles. The van der Waals surface area contributed by atoms with Crippen molar-refractivity contribution in [2.24, 2.45) is 0 Å². The fourth-order valence-electron chi connectivity index (χ4n) is 0.697. The first-order valence-corrected chi connectivity index (χ1v) is 7.99. The number of esters is 2. The van der Waals surface area contributed by atoms with Gasteiger partial charge in [0.05, 0.1) is 20.3 Å². The van der Waals surface area contributed by atoms with Gasteiger partial charge in [-0.15, -0.1) is 0 Å². The first-order valence-electron chi connectivity index (χ1n) is 7.99. The minimum Gasteiger partial charge on any atom is -0.678 e. The van der Waals surface area contributed by atoms with Gasteiger partial charge in [0.15, 0.2) is 0 Å². The van der Waals surface area contributed by atoms with E-state index in [-0.39, 0.29) is 59.1 Å². The molecule has 3 N–H and O–H groups in total. The van der Waals surface area contributed by atoms with Gasteiger partial charge in [-0.05, 0) is 6.92 Å². The predicted octanol–water partition coefficient (Wildman–Crippen LogP) is 2.25. The van der Waals surface area contributed by atoms with Crippen molar-refractivity contribution in [1.29, 1.82) is 0 Å². The number of carbonyl (C=O) groups excluding carboxylic acids is 3. The number of alkyl carbamates (subject to hydrolysis) is 1. The molecule has 0 aromatic carbocycles. The molecule has 9 nitrogen and oxygen atoms in total. The zero-order valence-electron chi connectivity index (χ0n) is 17.0. The Kier molecular flexibility index (Phi) is 43.9. The number of aliphatic hydroxyl groups excluding tert-OH is 1. The number of nitrogens with one attached hydrogen (secondary N) is 2. The third-order valence-corrected chi connectivity index (χ3v) is 1.64. The second kappa shape index (κ2) is 32.4. The Morgan fingerprint density at radius 2 is 1.67 bits per heavy atom. The molecule has 10 heteroatoms. The van der Waals surface area contributed by atoms with Gasteiger partial charge in [0.25, 0.3) is 0 Å². The minimum atomic E-state index is -0.550. The van der Waals surface area contributed by atoms with Crippen molar-refractivity contribution in [2.75, 3.05) is 40.0 Å². The molecular formula is C17H33N2O7Y-. The van der Waals surface area contributed by atoms with E-state index in [0.29, 0.717) is 12.1 Å². The molecule has 1 amide bonds. The molecule has 27 heavy (non-hydrogen) atoms. The summed E-state index contributed by atoms with van der Waals surface area (Å²) in [6, 6.07) is 0. The van der Waals surface area contributed by atoms with Crippen LogP contribution in [0.15, 0.2) is 24.8 Å². The van der Waals surface area contributed by atoms with E-state index in [1.807, 2.05) is 13.8 Å². The zero-order chi connectivity index (χ0) is 21.4. The Morgan fingerprint density at radius 3 is 2.00 bits per heavy atom. The van der Waals surface area contributed by atoms with Crippen LogP contribution in [-0.4, -0.2) is 63.2 Å². The largest absolute Gasteiger partial charge is 0.678 e. The van der Waals surface area contributed by atoms with Crippen LogP contribution in [0.2, 0.25) is 0 Å². The third-order valence-electron chi connectivity index (χ3n) is 1.64. The van der Waals surface area contributed by atoms with Crippen molar-refractivity contribution in [2.45, 2.75) is 27.7 Å². The van der Waals surface area contributed by atoms with Crippen LogP contribution in [0.3, 0.4) is 0 Å². The molecule has 0 heterocycles. The Bertz CT molecular complexity index is 391. The number of ether oxygens (including phenoxy) is 3. The molecule has 0 aliphatic carbocycles. The van der Waals surface area contributed by atoms with Gasteiger partial charge >= 0.3 is 18.0 Å². The number of amides is 1. The fraction of sp³-hybridized carbons (Fsp3) is 0.588. The van der Waals surface area contributed by atoms with Crippen LogP contribution in [0.5, 0.6) is 0 Å². The second-order valence-electron chi connectivity index (χ2n) is 3.78. The van der Waals surface area contributed by atoms with Crippen LogP contribution in [0.4, 0.5) is 4.79 Å². The average molecular weight is 466 g/mol. The fourth-order valence-corrected chi connectivity index (χ4v) is 0.697. The van der Waals surface area contributed by atoms with Gasteiger partial charge in [-0.1, -0.05) is 33.9 Å². The second-order valence-corrected chi connectivity index (χ2v) is 3.78. The van der Waals surface area contributed by atoms with Crippen LogP contribution in [-0.2, 0) is 56.5 Å². The predicted molar refractivity (Wildman–Crippen MR) is 101 cm³/mol. The van der Waals surface area contributed by atoms with Crippen molar-refractivity contribution in [1.82, 2.24) is 5.32 Å². The summed E-state index contributed by atoms with van der Waals surface area (Å²) in [7, 11) is 1.26. The Hall–Kier alpha value is -1.29. The quantitative estimate of drug-likeness (QED) is 0.254. The Morgan fingerprint density at radius 1 is 1.19 bits per heavy atom. The first kappa shape index (κ1) is 36.6. The Balaban J connectivity index is -0.0000000989. The van der Waals surface area contributed by atoms with Crippen LogP contribution in [0.1, 0.15) is 27.7 Å². The Labute approximate surface area is 187 Å². The average Bonchev–Trinajstić information content (AvgIpc) is 2.65. The summed E-state index contributed by atoms with van der Waals surface area (Å²) in [5.74, 6) is -0.967. The summed E-state index contributed by atoms with van der Waals surface area (Å²) in [4.78, 5) is 31.4. The molecule has 0 bridgehead atoms. The van der Waals surface area contributed by atoms with Gasteiger partial charge in [-0.3, -0.25) is 0 Å². The number of carbonyl (C=O) groups is 3. The van der Waals surface area contributed by atoms with Gasteiger partial charge < -0.3 is 30.4 Å². The van der Waals surface area contributed by atoms with Gasteiger partial charge in [0.2, 0.25) is 0 Å². The van der Waals surface area contributed by atoms with Crippen molar-refractivity contribution in [3.63, 3.8) is 0 Å². The number of hydrogen-bond donors (Lipinski definition) is 2. The molecule has 0 aromatic heterocycles. The summed E-state index contributed by atoms with van der Waals surface area (Å²) in [5.41, 5.74) is 6.54. The maximum atomic E-state index is 10.8. The first-order chi connectivity index (χ1) is 12.3. The molecule has 0 aliphatic rings. The smallest absolute Gasteiger partial charge is 0.406 e. The van der Waals surface area contributed by atoms with Crippen LogP contribution in [0, 0.1) is 0 Å². The van der Waals surface area contributed by atoms with Crippen molar-refractivity contribution in [3.8, 4) is 0 Å². The minimum absolute atomic E-state index is 0. The number of aliphatic hydroxyl groups is 1. The van der Waals surface area contributed by atoms with E-state index in [1.54, 1.807) is 13.8 Å². The van der Waals surface area contributed by atoms with Crippen LogP contribution in [0.25, 0.3) is 5.73 Å². The van der Waals surface area contributed by atoms with Crippen molar-refractivity contribution in [3.05, 3.63) is 30.5 Å². The molecule has 0 aromatic rings. The normalized spacial score (nSPS) is 7.52. The standard InChI is InChI=1S/C8H13NO4.C5H8O3.C2H6N.C2H6.Y/c1-6(2)7(10)13-5-4-9-8(11)12-3;1-2-5(7)8-4-3-6;1-2-3;1-2;/h1,4-5H2,2-3H3,(H,9,11);2,6H,1,3-4H2;3H,2H2,1H3;1-2H3;/q;;-1;;. The molecular weight excluding hydrogens is 433 g/mol. The SMILES string of the molecule is C=C(C)C(=O)OCCNC(=O)OC.C=CC(=O)OCCO.CC.CC[NH-].[Y]. The molecule has 0 unspecified atom stereocenters. The maximum absolute atomic E-state index is 10.8. The summed E-state index contributed by atoms with van der Waals surface area (Å²) in [6.07, 6.45) is 0.502. The summed E-state index contributed by atoms with van der Waals surface area (Å²) in [6.45, 7) is 14.6. The molecule has 0 rings (SSSR count). The zero-order valence-corrected chi connectivity index (χ0v) is 19.8. The van der Waals surface area contributed by atoms with E-state index in [9.17, 15) is 14.4 Å². The van der Waals surface area contributed by atoms with E-state index >= 15 is 0 Å². The van der Waals surface area contributed by atoms with E-state index in [4.69, 9.17) is 10.8 Å². The van der Waals surface area contributed by atoms with Crippen molar-refractivity contribution >= 4 is 18.0 Å². The van der Waals surface area contributed by atoms with Gasteiger partial charge in [0, 0.05) is 44.4 Å². The molecule has 157 valence electrons.